The summed E-state index contributed by atoms with van der Waals surface area (Å²) < 4.78 is 0. The summed E-state index contributed by atoms with van der Waals surface area (Å²) in [4.78, 5) is 31.1. The van der Waals surface area contributed by atoms with Crippen LogP contribution in [-0.4, -0.2) is 23.0 Å². The van der Waals surface area contributed by atoms with Gasteiger partial charge in [0, 0.05) is 11.1 Å². The molecule has 5 nitrogen and oxygen atoms in total. The van der Waals surface area contributed by atoms with Crippen molar-refractivity contribution in [2.45, 2.75) is 0 Å². The van der Waals surface area contributed by atoms with Crippen molar-refractivity contribution >= 4 is 17.0 Å². The molecule has 0 saturated carbocycles. The van der Waals surface area contributed by atoms with Gasteiger partial charge in [-0.1, -0.05) is 66.7 Å². The Labute approximate surface area is 156 Å². The van der Waals surface area contributed by atoms with Crippen molar-refractivity contribution in [1.29, 1.82) is 0 Å². The number of nitrogens with zero attached hydrogens (tertiary/aromatic N) is 2. The molecule has 4 aromatic rings. The summed E-state index contributed by atoms with van der Waals surface area (Å²) in [6, 6.07) is 24.9. The number of aromatic nitrogens is 2. The summed E-state index contributed by atoms with van der Waals surface area (Å²) in [5, 5.41) is 0. The molecule has 0 bridgehead atoms. The number of benzene rings is 3. The van der Waals surface area contributed by atoms with Crippen LogP contribution in [0.4, 0.5) is 0 Å². The molecule has 0 unspecified atom stereocenters. The van der Waals surface area contributed by atoms with Gasteiger partial charge in [-0.2, -0.15) is 4.89 Å². The van der Waals surface area contributed by atoms with E-state index in [0.29, 0.717) is 22.3 Å². The van der Waals surface area contributed by atoms with Gasteiger partial charge in [-0.05, 0) is 12.1 Å². The number of para-hydroxylation sites is 1. The van der Waals surface area contributed by atoms with Gasteiger partial charge >= 0.3 is 5.97 Å². The molecule has 0 spiro atoms. The third-order valence-corrected chi connectivity index (χ3v) is 4.17. The van der Waals surface area contributed by atoms with Crippen LogP contribution in [0.1, 0.15) is 10.4 Å². The Morgan fingerprint density at radius 1 is 0.741 bits per heavy atom. The molecular weight excluding hydrogens is 340 g/mol. The van der Waals surface area contributed by atoms with Gasteiger partial charge in [0.1, 0.15) is 5.52 Å². The summed E-state index contributed by atoms with van der Waals surface area (Å²) in [6.45, 7) is 0. The summed E-state index contributed by atoms with van der Waals surface area (Å²) in [6.07, 6.45) is 0. The van der Waals surface area contributed by atoms with Gasteiger partial charge in [-0.3, -0.25) is 4.89 Å². The average Bonchev–Trinajstić information content (AvgIpc) is 2.74. The van der Waals surface area contributed by atoms with Crippen LogP contribution in [0.25, 0.3) is 33.5 Å². The topological polar surface area (TPSA) is 61.3 Å². The molecule has 27 heavy (non-hydrogen) atoms. The molecule has 0 aliphatic carbocycles. The smallest absolute Gasteiger partial charge is 0.293 e. The first-order valence-corrected chi connectivity index (χ1v) is 8.44. The van der Waals surface area contributed by atoms with Gasteiger partial charge in [0.25, 0.3) is 0 Å². The molecule has 0 aliphatic heterocycles. The molecule has 132 valence electrons. The fraction of sp³-hybridized carbons (Fsp3) is 0.0455. The Morgan fingerprint density at radius 2 is 1.33 bits per heavy atom. The minimum atomic E-state index is -0.608. The zero-order valence-electron chi connectivity index (χ0n) is 14.6. The quantitative estimate of drug-likeness (QED) is 0.392. The first-order chi connectivity index (χ1) is 13.3. The highest BCUT2D eigenvalue weighted by atomic mass is 17.2. The zero-order valence-corrected chi connectivity index (χ0v) is 14.6. The number of rotatable bonds is 4. The third kappa shape index (κ3) is 3.28. The van der Waals surface area contributed by atoms with Crippen LogP contribution >= 0.6 is 0 Å². The van der Waals surface area contributed by atoms with Crippen molar-refractivity contribution in [2.24, 2.45) is 0 Å². The van der Waals surface area contributed by atoms with E-state index in [9.17, 15) is 4.79 Å². The second-order valence-corrected chi connectivity index (χ2v) is 5.86. The third-order valence-electron chi connectivity index (χ3n) is 4.17. The lowest BCUT2D eigenvalue weighted by Crippen LogP contribution is -2.07. The van der Waals surface area contributed by atoms with Crippen molar-refractivity contribution in [1.82, 2.24) is 9.97 Å². The lowest BCUT2D eigenvalue weighted by molar-refractivity contribution is -0.216. The summed E-state index contributed by atoms with van der Waals surface area (Å²) >= 11 is 0. The number of hydrogen-bond acceptors (Lipinski definition) is 5. The standard InChI is InChI=1S/C22H16N2O3/c1-26-27-22(25)17-13-8-14-18-21(17)24-20(16-11-6-3-7-12-16)19(23-18)15-9-4-2-5-10-15/h2-14H,1H3. The second-order valence-electron chi connectivity index (χ2n) is 5.86. The minimum Gasteiger partial charge on any atom is -0.293 e. The van der Waals surface area contributed by atoms with Crippen molar-refractivity contribution in [2.75, 3.05) is 7.11 Å². The van der Waals surface area contributed by atoms with E-state index in [0.717, 1.165) is 16.8 Å². The Kier molecular flexibility index (Phi) is 4.60. The monoisotopic (exact) mass is 356 g/mol. The largest absolute Gasteiger partial charge is 0.375 e. The van der Waals surface area contributed by atoms with E-state index < -0.39 is 5.97 Å². The van der Waals surface area contributed by atoms with Gasteiger partial charge in [0.2, 0.25) is 0 Å². The lowest BCUT2D eigenvalue weighted by Gasteiger charge is -2.12. The Morgan fingerprint density at radius 3 is 1.93 bits per heavy atom. The van der Waals surface area contributed by atoms with Gasteiger partial charge < -0.3 is 0 Å². The van der Waals surface area contributed by atoms with Crippen LogP contribution in [0.5, 0.6) is 0 Å². The maximum absolute atomic E-state index is 12.2. The van der Waals surface area contributed by atoms with E-state index in [1.54, 1.807) is 12.1 Å². The number of carbonyl (C=O) groups excluding carboxylic acids is 1. The molecule has 3 aromatic carbocycles. The molecule has 0 saturated heterocycles. The fourth-order valence-corrected chi connectivity index (χ4v) is 2.96. The van der Waals surface area contributed by atoms with Crippen LogP contribution < -0.4 is 0 Å². The molecule has 1 heterocycles. The Bertz CT molecular complexity index is 1100. The predicted molar refractivity (Wildman–Crippen MR) is 103 cm³/mol. The molecule has 0 N–H and O–H groups in total. The lowest BCUT2D eigenvalue weighted by atomic mass is 10.0. The Hall–Kier alpha value is -3.57. The molecule has 4 rings (SSSR count). The fourth-order valence-electron chi connectivity index (χ4n) is 2.96. The number of fused-ring (bicyclic) bond motifs is 1. The van der Waals surface area contributed by atoms with Gasteiger partial charge in [0.05, 0.1) is 29.6 Å². The van der Waals surface area contributed by atoms with Gasteiger partial charge in [0.15, 0.2) is 0 Å². The molecule has 0 aliphatic rings. The maximum Gasteiger partial charge on any atom is 0.375 e. The molecule has 0 fully saturated rings. The van der Waals surface area contributed by atoms with Crippen LogP contribution in [0, 0.1) is 0 Å². The SMILES string of the molecule is COOC(=O)c1cccc2nc(-c3ccccc3)c(-c3ccccc3)nc12. The van der Waals surface area contributed by atoms with Crippen molar-refractivity contribution < 1.29 is 14.6 Å². The highest BCUT2D eigenvalue weighted by molar-refractivity contribution is 6.02. The van der Waals surface area contributed by atoms with E-state index in [2.05, 4.69) is 9.78 Å². The van der Waals surface area contributed by atoms with Gasteiger partial charge in [-0.25, -0.2) is 14.8 Å². The van der Waals surface area contributed by atoms with E-state index in [-0.39, 0.29) is 0 Å². The van der Waals surface area contributed by atoms with E-state index in [1.165, 1.54) is 7.11 Å². The van der Waals surface area contributed by atoms with Crippen molar-refractivity contribution in [3.8, 4) is 22.5 Å². The van der Waals surface area contributed by atoms with E-state index in [1.807, 2.05) is 66.7 Å². The van der Waals surface area contributed by atoms with Crippen molar-refractivity contribution in [3.05, 3.63) is 84.4 Å². The molecule has 0 atom stereocenters. The first kappa shape index (κ1) is 16.9. The van der Waals surface area contributed by atoms with Gasteiger partial charge in [-0.15, -0.1) is 0 Å². The number of carbonyl (C=O) groups is 1. The van der Waals surface area contributed by atoms with E-state index >= 15 is 0 Å². The minimum absolute atomic E-state index is 0.304. The molecule has 0 amide bonds. The van der Waals surface area contributed by atoms with Crippen LogP contribution in [0.3, 0.4) is 0 Å². The van der Waals surface area contributed by atoms with Crippen LogP contribution in [-0.2, 0) is 9.78 Å². The number of hydrogen-bond donors (Lipinski definition) is 0. The van der Waals surface area contributed by atoms with Crippen LogP contribution in [0.2, 0.25) is 0 Å². The zero-order chi connectivity index (χ0) is 18.6. The molecule has 0 radical (unpaired) electrons. The highest BCUT2D eigenvalue weighted by Crippen LogP contribution is 2.31. The summed E-state index contributed by atoms with van der Waals surface area (Å²) in [5.41, 5.74) is 4.71. The Balaban J connectivity index is 2.01. The average molecular weight is 356 g/mol. The normalized spacial score (nSPS) is 10.7. The van der Waals surface area contributed by atoms with E-state index in [4.69, 9.17) is 9.97 Å². The highest BCUT2D eigenvalue weighted by Gasteiger charge is 2.18. The predicted octanol–water partition coefficient (Wildman–Crippen LogP) is 4.68. The maximum atomic E-state index is 12.2. The second kappa shape index (κ2) is 7.35. The molecule has 5 heteroatoms. The first-order valence-electron chi connectivity index (χ1n) is 8.44. The van der Waals surface area contributed by atoms with Crippen LogP contribution in [0.15, 0.2) is 78.9 Å². The molecule has 1 aromatic heterocycles. The van der Waals surface area contributed by atoms with Crippen molar-refractivity contribution in [3.63, 3.8) is 0 Å². The summed E-state index contributed by atoms with van der Waals surface area (Å²) in [5.74, 6) is -0.608. The summed E-state index contributed by atoms with van der Waals surface area (Å²) in [7, 11) is 1.29. The molecular formula is C22H16N2O3.